The Balaban J connectivity index is 0.924. The molecule has 1 heterocycles. The van der Waals surface area contributed by atoms with E-state index < -0.39 is 0 Å². The maximum atomic E-state index is 6.24. The fourth-order valence-corrected chi connectivity index (χ4v) is 9.41. The van der Waals surface area contributed by atoms with Crippen molar-refractivity contribution >= 4 is 60.5 Å². The molecule has 0 unspecified atom stereocenters. The minimum atomic E-state index is 0.889. The van der Waals surface area contributed by atoms with Gasteiger partial charge in [-0.15, -0.1) is 0 Å². The number of rotatable bonds is 8. The van der Waals surface area contributed by atoms with Crippen LogP contribution >= 0.6 is 0 Å². The summed E-state index contributed by atoms with van der Waals surface area (Å²) in [5, 5.41) is 7.25. The first-order valence-electron chi connectivity index (χ1n) is 21.9. The molecule has 0 saturated heterocycles. The highest BCUT2D eigenvalue weighted by Crippen LogP contribution is 2.43. The minimum Gasteiger partial charge on any atom is -0.456 e. The van der Waals surface area contributed by atoms with E-state index in [1.807, 2.05) is 12.1 Å². The molecule has 64 heavy (non-hydrogen) atoms. The zero-order valence-corrected chi connectivity index (χ0v) is 35.0. The third-order valence-corrected chi connectivity index (χ3v) is 12.7. The molecule has 0 atom stereocenters. The van der Waals surface area contributed by atoms with Crippen molar-refractivity contribution in [3.8, 4) is 55.6 Å². The molecule has 0 fully saturated rings. The molecule has 0 radical (unpaired) electrons. The summed E-state index contributed by atoms with van der Waals surface area (Å²) in [4.78, 5) is 2.38. The fourth-order valence-electron chi connectivity index (χ4n) is 9.41. The molecule has 0 saturated carbocycles. The number of fused-ring (bicyclic) bond motifs is 5. The van der Waals surface area contributed by atoms with Crippen LogP contribution in [0.15, 0.2) is 253 Å². The Morgan fingerprint density at radius 1 is 0.250 bits per heavy atom. The first-order valence-corrected chi connectivity index (χ1v) is 21.9. The zero-order valence-electron chi connectivity index (χ0n) is 35.0. The van der Waals surface area contributed by atoms with Gasteiger partial charge in [0.05, 0.1) is 5.69 Å². The van der Waals surface area contributed by atoms with Crippen molar-refractivity contribution in [2.45, 2.75) is 0 Å². The fraction of sp³-hybridized carbons (Fsp3) is 0. The first-order chi connectivity index (χ1) is 31.7. The van der Waals surface area contributed by atoms with Gasteiger partial charge in [0, 0.05) is 27.7 Å². The summed E-state index contributed by atoms with van der Waals surface area (Å²) in [6, 6.07) is 89.8. The zero-order chi connectivity index (χ0) is 42.4. The lowest BCUT2D eigenvalue weighted by Gasteiger charge is -2.28. The number of para-hydroxylation sites is 2. The van der Waals surface area contributed by atoms with Crippen LogP contribution in [0.5, 0.6) is 0 Å². The van der Waals surface area contributed by atoms with Gasteiger partial charge in [0.1, 0.15) is 11.2 Å². The summed E-state index contributed by atoms with van der Waals surface area (Å²) >= 11 is 0. The van der Waals surface area contributed by atoms with Crippen molar-refractivity contribution in [3.05, 3.63) is 249 Å². The van der Waals surface area contributed by atoms with E-state index in [9.17, 15) is 0 Å². The highest BCUT2D eigenvalue weighted by atomic mass is 16.3. The minimum absolute atomic E-state index is 0.889. The number of furan rings is 1. The molecule has 11 aromatic carbocycles. The number of nitrogens with zero attached hydrogens (tertiary/aromatic N) is 1. The Hall–Kier alpha value is -8.46. The van der Waals surface area contributed by atoms with Gasteiger partial charge in [-0.05, 0) is 132 Å². The van der Waals surface area contributed by atoms with Crippen LogP contribution in [-0.4, -0.2) is 0 Å². The van der Waals surface area contributed by atoms with Crippen molar-refractivity contribution in [2.24, 2.45) is 0 Å². The van der Waals surface area contributed by atoms with Crippen LogP contribution in [0.3, 0.4) is 0 Å². The molecule has 2 nitrogen and oxygen atoms in total. The van der Waals surface area contributed by atoms with Gasteiger partial charge in [-0.2, -0.15) is 0 Å². The van der Waals surface area contributed by atoms with Crippen molar-refractivity contribution in [3.63, 3.8) is 0 Å². The molecule has 0 spiro atoms. The number of anilines is 3. The molecule has 1 aromatic heterocycles. The van der Waals surface area contributed by atoms with Gasteiger partial charge >= 0.3 is 0 Å². The second-order valence-corrected chi connectivity index (χ2v) is 16.5. The third kappa shape index (κ3) is 6.79. The van der Waals surface area contributed by atoms with Gasteiger partial charge < -0.3 is 9.32 Å². The molecule has 0 aliphatic rings. The molecular formula is C62H41NO. The largest absolute Gasteiger partial charge is 0.456 e. The SMILES string of the molecule is c1cc(-c2ccc(N(c3ccc(-c4ccc(-c5cccc6ccccc56)cc4)cc3)c3ccccc3-c3ccc4oc5ccccc5c4c3)cc2)cc(-c2ccc3ccccc3c2)c1. The van der Waals surface area contributed by atoms with Gasteiger partial charge in [-0.3, -0.25) is 0 Å². The molecule has 0 bridgehead atoms. The molecule has 0 N–H and O–H groups in total. The average molecular weight is 816 g/mol. The first kappa shape index (κ1) is 37.3. The average Bonchev–Trinajstić information content (AvgIpc) is 3.75. The van der Waals surface area contributed by atoms with Crippen molar-refractivity contribution in [2.75, 3.05) is 4.90 Å². The lowest BCUT2D eigenvalue weighted by molar-refractivity contribution is 0.669. The normalized spacial score (nSPS) is 11.4. The maximum absolute atomic E-state index is 6.24. The summed E-state index contributed by atoms with van der Waals surface area (Å²) in [7, 11) is 0. The summed E-state index contributed by atoms with van der Waals surface area (Å²) < 4.78 is 6.24. The van der Waals surface area contributed by atoms with Crippen LogP contribution in [0.4, 0.5) is 17.1 Å². The monoisotopic (exact) mass is 815 g/mol. The smallest absolute Gasteiger partial charge is 0.135 e. The van der Waals surface area contributed by atoms with Gasteiger partial charge in [-0.1, -0.05) is 188 Å². The summed E-state index contributed by atoms with van der Waals surface area (Å²) in [6.07, 6.45) is 0. The molecule has 2 heteroatoms. The summed E-state index contributed by atoms with van der Waals surface area (Å²) in [5.74, 6) is 0. The number of hydrogen-bond donors (Lipinski definition) is 0. The van der Waals surface area contributed by atoms with Crippen LogP contribution in [0.2, 0.25) is 0 Å². The number of benzene rings is 11. The van der Waals surface area contributed by atoms with E-state index in [0.717, 1.165) is 50.1 Å². The van der Waals surface area contributed by atoms with Crippen LogP contribution in [0, 0.1) is 0 Å². The Labute approximate surface area is 372 Å². The molecule has 0 aliphatic heterocycles. The topological polar surface area (TPSA) is 16.4 Å². The van der Waals surface area contributed by atoms with Gasteiger partial charge in [0.2, 0.25) is 0 Å². The van der Waals surface area contributed by atoms with Crippen LogP contribution in [-0.2, 0) is 0 Å². The van der Waals surface area contributed by atoms with Gasteiger partial charge in [0.15, 0.2) is 0 Å². The lowest BCUT2D eigenvalue weighted by atomic mass is 9.96. The van der Waals surface area contributed by atoms with Crippen molar-refractivity contribution in [1.82, 2.24) is 0 Å². The lowest BCUT2D eigenvalue weighted by Crippen LogP contribution is -2.11. The number of hydrogen-bond acceptors (Lipinski definition) is 2. The molecule has 12 rings (SSSR count). The van der Waals surface area contributed by atoms with Crippen molar-refractivity contribution < 1.29 is 4.42 Å². The van der Waals surface area contributed by atoms with E-state index in [1.54, 1.807) is 0 Å². The Bertz CT molecular complexity index is 3650. The Kier molecular flexibility index (Phi) is 9.20. The highest BCUT2D eigenvalue weighted by molar-refractivity contribution is 6.07. The molecule has 12 aromatic rings. The van der Waals surface area contributed by atoms with Gasteiger partial charge in [-0.25, -0.2) is 0 Å². The third-order valence-electron chi connectivity index (χ3n) is 12.7. The Morgan fingerprint density at radius 3 is 1.53 bits per heavy atom. The van der Waals surface area contributed by atoms with E-state index in [1.165, 1.54) is 66.1 Å². The quantitative estimate of drug-likeness (QED) is 0.152. The van der Waals surface area contributed by atoms with Crippen LogP contribution in [0.1, 0.15) is 0 Å². The maximum Gasteiger partial charge on any atom is 0.135 e. The molecular weight excluding hydrogens is 775 g/mol. The van der Waals surface area contributed by atoms with E-state index in [0.29, 0.717) is 0 Å². The summed E-state index contributed by atoms with van der Waals surface area (Å²) in [5.41, 5.74) is 16.9. The van der Waals surface area contributed by atoms with Gasteiger partial charge in [0.25, 0.3) is 0 Å². The predicted octanol–water partition coefficient (Wildman–Crippen LogP) is 17.7. The standard InChI is InChI=1S/C62H41NO/c1-2-13-48-40-51(28-25-42(48)11-1)50-16-9-15-49(39-50)45-31-36-54(37-32-45)63(60-21-7-5-18-57(60)52-33-38-62-59(41-52)58-19-6-8-22-61(58)64-62)53-34-29-44(30-35-53)43-23-26-47(27-24-43)56-20-10-14-46-12-3-4-17-55(46)56/h1-41H. The van der Waals surface area contributed by atoms with E-state index in [-0.39, 0.29) is 0 Å². The molecule has 0 amide bonds. The van der Waals surface area contributed by atoms with E-state index in [2.05, 4.69) is 241 Å². The second kappa shape index (κ2) is 15.8. The molecule has 0 aliphatic carbocycles. The van der Waals surface area contributed by atoms with Crippen molar-refractivity contribution in [1.29, 1.82) is 0 Å². The molecule has 300 valence electrons. The predicted molar refractivity (Wildman–Crippen MR) is 271 cm³/mol. The van der Waals surface area contributed by atoms with Crippen LogP contribution in [0.25, 0.3) is 99.1 Å². The second-order valence-electron chi connectivity index (χ2n) is 16.5. The Morgan fingerprint density at radius 2 is 0.750 bits per heavy atom. The summed E-state index contributed by atoms with van der Waals surface area (Å²) in [6.45, 7) is 0. The van der Waals surface area contributed by atoms with E-state index >= 15 is 0 Å². The van der Waals surface area contributed by atoms with Crippen LogP contribution < -0.4 is 4.90 Å². The highest BCUT2D eigenvalue weighted by Gasteiger charge is 2.19. The van der Waals surface area contributed by atoms with E-state index in [4.69, 9.17) is 4.42 Å².